The zero-order valence-corrected chi connectivity index (χ0v) is 15.8. The molecule has 3 heterocycles. The van der Waals surface area contributed by atoms with Crippen LogP contribution in [0.1, 0.15) is 62.3 Å². The van der Waals surface area contributed by atoms with Crippen molar-refractivity contribution in [3.8, 4) is 0 Å². The average molecular weight is 347 g/mol. The number of hydrogen-bond donors (Lipinski definition) is 2. The number of aromatic nitrogens is 2. The minimum atomic E-state index is 0.0818. The van der Waals surface area contributed by atoms with Gasteiger partial charge in [0.25, 0.3) is 5.56 Å². The molecule has 0 bridgehead atoms. The monoisotopic (exact) mass is 346 g/mol. The number of fused-ring (bicyclic) bond motifs is 3. The first-order valence-electron chi connectivity index (χ1n) is 9.42. The summed E-state index contributed by atoms with van der Waals surface area (Å²) in [5, 5.41) is 0.875. The van der Waals surface area contributed by atoms with Gasteiger partial charge in [0, 0.05) is 10.8 Å². The number of likely N-dealkylation sites (tertiary alicyclic amines) is 1. The highest BCUT2D eigenvalue weighted by Crippen LogP contribution is 2.35. The predicted molar refractivity (Wildman–Crippen MR) is 98.9 cm³/mol. The fraction of sp³-hybridized carbons (Fsp3) is 0.684. The van der Waals surface area contributed by atoms with Crippen molar-refractivity contribution in [3.63, 3.8) is 0 Å². The number of aromatic amines is 1. The first-order chi connectivity index (χ1) is 11.5. The number of quaternary nitrogens is 1. The van der Waals surface area contributed by atoms with Gasteiger partial charge in [-0.3, -0.25) is 4.79 Å². The first-order valence-corrected chi connectivity index (χ1v) is 10.2. The Morgan fingerprint density at radius 3 is 2.92 bits per heavy atom. The molecule has 130 valence electrons. The SMILES string of the molecule is C[C@H]1CCc2c(sc3nc([C@H](C)[NH+]4CCC[C@H](C)C4)[nH]c(=O)c23)C1. The van der Waals surface area contributed by atoms with Crippen LogP contribution in [0.4, 0.5) is 0 Å². The number of rotatable bonds is 2. The van der Waals surface area contributed by atoms with Crippen molar-refractivity contribution in [2.75, 3.05) is 13.1 Å². The van der Waals surface area contributed by atoms with Crippen molar-refractivity contribution < 1.29 is 4.90 Å². The lowest BCUT2D eigenvalue weighted by Gasteiger charge is -2.31. The Kier molecular flexibility index (Phi) is 4.25. The van der Waals surface area contributed by atoms with E-state index in [2.05, 4.69) is 25.8 Å². The minimum absolute atomic E-state index is 0.0818. The molecule has 0 radical (unpaired) electrons. The third-order valence-electron chi connectivity index (χ3n) is 6.01. The maximum atomic E-state index is 12.8. The molecule has 4 atom stereocenters. The maximum Gasteiger partial charge on any atom is 0.260 e. The summed E-state index contributed by atoms with van der Waals surface area (Å²) >= 11 is 1.76. The zero-order valence-electron chi connectivity index (χ0n) is 14.9. The van der Waals surface area contributed by atoms with Gasteiger partial charge in [0.2, 0.25) is 0 Å². The summed E-state index contributed by atoms with van der Waals surface area (Å²) in [7, 11) is 0. The standard InChI is InChI=1S/C19H27N3OS/c1-11-6-7-14-15(9-11)24-19-16(14)18(23)20-17(21-19)13(3)22-8-4-5-12(2)10-22/h11-13H,4-10H2,1-3H3,(H,20,21,23)/p+1/t11-,12-,13-/m0/s1. The highest BCUT2D eigenvalue weighted by atomic mass is 32.1. The van der Waals surface area contributed by atoms with E-state index in [0.717, 1.165) is 40.7 Å². The Morgan fingerprint density at radius 1 is 1.29 bits per heavy atom. The van der Waals surface area contributed by atoms with Crippen LogP contribution in [-0.4, -0.2) is 23.1 Å². The largest absolute Gasteiger partial charge is 0.326 e. The van der Waals surface area contributed by atoms with Crippen molar-refractivity contribution >= 4 is 21.6 Å². The molecule has 1 aliphatic heterocycles. The molecule has 2 aliphatic rings. The summed E-state index contributed by atoms with van der Waals surface area (Å²) in [5.74, 6) is 2.37. The number of piperidine rings is 1. The molecule has 0 spiro atoms. The smallest absolute Gasteiger partial charge is 0.260 e. The van der Waals surface area contributed by atoms with Gasteiger partial charge in [-0.2, -0.15) is 0 Å². The highest BCUT2D eigenvalue weighted by molar-refractivity contribution is 7.18. The van der Waals surface area contributed by atoms with Gasteiger partial charge in [-0.15, -0.1) is 11.3 Å². The van der Waals surface area contributed by atoms with Gasteiger partial charge in [-0.25, -0.2) is 4.98 Å². The van der Waals surface area contributed by atoms with Crippen LogP contribution in [0.25, 0.3) is 10.2 Å². The topological polar surface area (TPSA) is 50.2 Å². The Hall–Kier alpha value is -1.20. The molecular formula is C19H28N3OS+. The van der Waals surface area contributed by atoms with Gasteiger partial charge in [-0.1, -0.05) is 13.8 Å². The molecule has 24 heavy (non-hydrogen) atoms. The Labute approximate surface area is 147 Å². The van der Waals surface area contributed by atoms with Gasteiger partial charge in [-0.05, 0) is 50.5 Å². The third kappa shape index (κ3) is 2.82. The lowest BCUT2D eigenvalue weighted by Crippen LogP contribution is -3.13. The van der Waals surface area contributed by atoms with E-state index >= 15 is 0 Å². The molecular weight excluding hydrogens is 318 g/mol. The van der Waals surface area contributed by atoms with E-state index in [9.17, 15) is 4.79 Å². The Morgan fingerprint density at radius 2 is 2.12 bits per heavy atom. The van der Waals surface area contributed by atoms with Crippen molar-refractivity contribution in [3.05, 3.63) is 26.6 Å². The van der Waals surface area contributed by atoms with E-state index in [0.29, 0.717) is 0 Å². The first kappa shape index (κ1) is 16.3. The van der Waals surface area contributed by atoms with E-state index < -0.39 is 0 Å². The van der Waals surface area contributed by atoms with Crippen LogP contribution in [-0.2, 0) is 12.8 Å². The second kappa shape index (κ2) is 6.26. The number of hydrogen-bond acceptors (Lipinski definition) is 3. The molecule has 2 aromatic heterocycles. The molecule has 2 aromatic rings. The Balaban J connectivity index is 1.71. The van der Waals surface area contributed by atoms with Crippen LogP contribution in [0.5, 0.6) is 0 Å². The normalized spacial score (nSPS) is 28.7. The van der Waals surface area contributed by atoms with Crippen LogP contribution < -0.4 is 10.5 Å². The fourth-order valence-corrected chi connectivity index (χ4v) is 5.88. The summed E-state index contributed by atoms with van der Waals surface area (Å²) in [5.41, 5.74) is 1.36. The molecule has 1 fully saturated rings. The van der Waals surface area contributed by atoms with Crippen LogP contribution in [0, 0.1) is 11.8 Å². The molecule has 4 rings (SSSR count). The molecule has 4 nitrogen and oxygen atoms in total. The van der Waals surface area contributed by atoms with Crippen molar-refractivity contribution in [2.24, 2.45) is 11.8 Å². The van der Waals surface area contributed by atoms with Crippen LogP contribution in [0.3, 0.4) is 0 Å². The minimum Gasteiger partial charge on any atom is -0.326 e. The van der Waals surface area contributed by atoms with Crippen molar-refractivity contribution in [2.45, 2.75) is 58.9 Å². The summed E-state index contributed by atoms with van der Waals surface area (Å²) in [4.78, 5) is 24.7. The summed E-state index contributed by atoms with van der Waals surface area (Å²) in [6, 6.07) is 0.267. The van der Waals surface area contributed by atoms with E-state index in [-0.39, 0.29) is 11.6 Å². The Bertz CT molecular complexity index is 809. The predicted octanol–water partition coefficient (Wildman–Crippen LogP) is 2.49. The molecule has 0 amide bonds. The second-order valence-corrected chi connectivity index (χ2v) is 9.15. The van der Waals surface area contributed by atoms with Gasteiger partial charge in [0.15, 0.2) is 5.82 Å². The lowest BCUT2D eigenvalue weighted by molar-refractivity contribution is -0.938. The third-order valence-corrected chi connectivity index (χ3v) is 7.16. The zero-order chi connectivity index (χ0) is 16.8. The van der Waals surface area contributed by atoms with E-state index in [1.54, 1.807) is 16.2 Å². The van der Waals surface area contributed by atoms with Gasteiger partial charge >= 0.3 is 0 Å². The highest BCUT2D eigenvalue weighted by Gasteiger charge is 2.29. The van der Waals surface area contributed by atoms with Crippen molar-refractivity contribution in [1.82, 2.24) is 9.97 Å². The second-order valence-electron chi connectivity index (χ2n) is 8.06. The number of aryl methyl sites for hydroxylation is 1. The fourth-order valence-electron chi connectivity index (χ4n) is 4.49. The number of H-pyrrole nitrogens is 1. The summed E-state index contributed by atoms with van der Waals surface area (Å²) in [6.07, 6.45) is 5.93. The number of nitrogens with zero attached hydrogens (tertiary/aromatic N) is 1. The maximum absolute atomic E-state index is 12.8. The molecule has 5 heteroatoms. The molecule has 1 unspecified atom stereocenters. The number of thiophene rings is 1. The van der Waals surface area contributed by atoms with Crippen LogP contribution in [0.15, 0.2) is 4.79 Å². The molecule has 1 aliphatic carbocycles. The van der Waals surface area contributed by atoms with E-state index in [1.165, 1.54) is 42.8 Å². The quantitative estimate of drug-likeness (QED) is 0.878. The molecule has 0 saturated carbocycles. The van der Waals surface area contributed by atoms with Gasteiger partial charge in [0.05, 0.1) is 18.5 Å². The molecule has 0 aromatic carbocycles. The molecule has 2 N–H and O–H groups in total. The summed E-state index contributed by atoms with van der Waals surface area (Å²) in [6.45, 7) is 9.22. The van der Waals surface area contributed by atoms with E-state index in [1.807, 2.05) is 0 Å². The van der Waals surface area contributed by atoms with Gasteiger partial charge in [0.1, 0.15) is 10.9 Å². The van der Waals surface area contributed by atoms with Crippen LogP contribution >= 0.6 is 11.3 Å². The molecule has 1 saturated heterocycles. The van der Waals surface area contributed by atoms with E-state index in [4.69, 9.17) is 4.98 Å². The van der Waals surface area contributed by atoms with Crippen LogP contribution in [0.2, 0.25) is 0 Å². The summed E-state index contributed by atoms with van der Waals surface area (Å²) < 4.78 is 0. The average Bonchev–Trinajstić information content (AvgIpc) is 2.91. The van der Waals surface area contributed by atoms with Gasteiger partial charge < -0.3 is 9.88 Å². The van der Waals surface area contributed by atoms with Crippen molar-refractivity contribution in [1.29, 1.82) is 0 Å². The number of nitrogens with one attached hydrogen (secondary N) is 2. The lowest BCUT2D eigenvalue weighted by atomic mass is 9.89.